The topological polar surface area (TPSA) is 58.9 Å². The van der Waals surface area contributed by atoms with Gasteiger partial charge in [0.1, 0.15) is 0 Å². The number of hydrogen-bond donors (Lipinski definition) is 1. The fourth-order valence-electron chi connectivity index (χ4n) is 0.383. The largest absolute Gasteiger partial charge is 0.358 e. The van der Waals surface area contributed by atoms with E-state index in [-0.39, 0.29) is 11.9 Å². The molecule has 1 rings (SSSR count). The van der Waals surface area contributed by atoms with Gasteiger partial charge in [0.25, 0.3) is 0 Å². The highest BCUT2D eigenvalue weighted by atomic mass is 16.6. The first-order chi connectivity index (χ1) is 4.20. The fourth-order valence-corrected chi connectivity index (χ4v) is 0.383. The second-order valence-corrected chi connectivity index (χ2v) is 1.24. The molecule has 1 N–H and O–H groups in total. The third kappa shape index (κ3) is 0.676. The van der Waals surface area contributed by atoms with Gasteiger partial charge in [0.2, 0.25) is 0 Å². The van der Waals surface area contributed by atoms with E-state index in [0.29, 0.717) is 0 Å². The molecule has 0 fully saturated rings. The summed E-state index contributed by atoms with van der Waals surface area (Å²) in [5, 5.41) is 9.91. The lowest BCUT2D eigenvalue weighted by molar-refractivity contribution is -0.389. The van der Waals surface area contributed by atoms with Crippen LogP contribution in [0.2, 0.25) is 0 Å². The molecule has 0 unspecified atom stereocenters. The van der Waals surface area contributed by atoms with Crippen LogP contribution in [0.5, 0.6) is 0 Å². The molecule has 0 aliphatic heterocycles. The van der Waals surface area contributed by atoms with E-state index in [1.807, 2.05) is 0 Å². The smallest absolute Gasteiger partial charge is 0.320 e. The first kappa shape index (κ1) is 3.65. The molecule has 4 heteroatoms. The monoisotopic (exact) mass is 113 g/mol. The Morgan fingerprint density at radius 2 is 2.75 bits per heavy atom. The van der Waals surface area contributed by atoms with Gasteiger partial charge in [-0.15, -0.1) is 0 Å². The highest BCUT2D eigenvalue weighted by Gasteiger charge is 1.97. The number of nitrogens with zero attached hydrogens (tertiary/aromatic N) is 1. The van der Waals surface area contributed by atoms with Crippen molar-refractivity contribution in [1.29, 1.82) is 0 Å². The summed E-state index contributed by atoms with van der Waals surface area (Å²) in [6.45, 7) is 0. The minimum absolute atomic E-state index is 0.127. The normalized spacial score (nSPS) is 10.8. The number of nitrogens with one attached hydrogen (secondary N) is 1. The van der Waals surface area contributed by atoms with E-state index in [4.69, 9.17) is 1.37 Å². The van der Waals surface area contributed by atoms with Crippen LogP contribution in [0.1, 0.15) is 1.37 Å². The van der Waals surface area contributed by atoms with Gasteiger partial charge in [0, 0.05) is 6.07 Å². The maximum atomic E-state index is 9.91. The van der Waals surface area contributed by atoms with Crippen LogP contribution in [0.15, 0.2) is 18.3 Å². The van der Waals surface area contributed by atoms with E-state index in [0.717, 1.165) is 6.07 Å². The fraction of sp³-hybridized carbons (Fsp3) is 0. The lowest BCUT2D eigenvalue weighted by atomic mass is 10.6. The number of rotatable bonds is 1. The molecule has 0 saturated carbocycles. The van der Waals surface area contributed by atoms with Crippen molar-refractivity contribution in [1.82, 2.24) is 4.98 Å². The average Bonchev–Trinajstić information content (AvgIpc) is 2.14. The lowest BCUT2D eigenvalue weighted by Gasteiger charge is -1.84. The molecule has 1 aromatic heterocycles. The minimum Gasteiger partial charge on any atom is -0.358 e. The second kappa shape index (κ2) is 1.65. The van der Waals surface area contributed by atoms with E-state index < -0.39 is 4.92 Å². The minimum atomic E-state index is -0.571. The summed E-state index contributed by atoms with van der Waals surface area (Å²) in [6, 6.07) is 1.28. The summed E-state index contributed by atoms with van der Waals surface area (Å²) in [5.41, 5.74) is 0. The van der Waals surface area contributed by atoms with Crippen LogP contribution in [0.4, 0.5) is 5.82 Å². The zero-order chi connectivity index (χ0) is 6.85. The van der Waals surface area contributed by atoms with Gasteiger partial charge in [0.15, 0.2) is 0 Å². The quantitative estimate of drug-likeness (QED) is 0.435. The number of aromatic nitrogens is 1. The van der Waals surface area contributed by atoms with Crippen LogP contribution in [0.3, 0.4) is 0 Å². The molecule has 1 heterocycles. The van der Waals surface area contributed by atoms with Crippen molar-refractivity contribution in [2.45, 2.75) is 0 Å². The molecular formula is C4H4N2O2. The Kier molecular flexibility index (Phi) is 0.754. The molecule has 0 amide bonds. The molecule has 8 heavy (non-hydrogen) atoms. The van der Waals surface area contributed by atoms with E-state index >= 15 is 0 Å². The van der Waals surface area contributed by atoms with Crippen LogP contribution >= 0.6 is 0 Å². The third-order valence-corrected chi connectivity index (χ3v) is 0.720. The van der Waals surface area contributed by atoms with Gasteiger partial charge in [-0.3, -0.25) is 0 Å². The highest BCUT2D eigenvalue weighted by molar-refractivity contribution is 5.17. The van der Waals surface area contributed by atoms with Gasteiger partial charge < -0.3 is 10.1 Å². The highest BCUT2D eigenvalue weighted by Crippen LogP contribution is 2.02. The maximum absolute atomic E-state index is 9.91. The Morgan fingerprint density at radius 3 is 3.00 bits per heavy atom. The molecule has 0 aliphatic carbocycles. The Bertz CT molecular complexity index is 232. The predicted octanol–water partition coefficient (Wildman–Crippen LogP) is 0.923. The predicted molar refractivity (Wildman–Crippen MR) is 27.4 cm³/mol. The zero-order valence-corrected chi connectivity index (χ0v) is 3.92. The van der Waals surface area contributed by atoms with Crippen molar-refractivity contribution in [3.63, 3.8) is 0 Å². The van der Waals surface area contributed by atoms with Crippen molar-refractivity contribution in [2.24, 2.45) is 0 Å². The summed E-state index contributed by atoms with van der Waals surface area (Å²) in [7, 11) is 0. The van der Waals surface area contributed by atoms with Gasteiger partial charge in [-0.25, -0.2) is 4.98 Å². The maximum Gasteiger partial charge on any atom is 0.320 e. The lowest BCUT2D eigenvalue weighted by Crippen LogP contribution is -1.85. The van der Waals surface area contributed by atoms with E-state index in [9.17, 15) is 10.1 Å². The van der Waals surface area contributed by atoms with Crippen LogP contribution < -0.4 is 0 Å². The summed E-state index contributed by atoms with van der Waals surface area (Å²) in [5.74, 6) is -0.139. The number of nitro groups is 1. The molecule has 0 radical (unpaired) electrons. The summed E-state index contributed by atoms with van der Waals surface area (Å²) < 4.78 is 6.87. The first-order valence-electron chi connectivity index (χ1n) is 2.49. The Labute approximate surface area is 46.7 Å². The Hall–Kier alpha value is -1.32. The van der Waals surface area contributed by atoms with Crippen LogP contribution in [0, 0.1) is 10.1 Å². The summed E-state index contributed by atoms with van der Waals surface area (Å²) in [4.78, 5) is 11.7. The molecule has 1 aromatic rings. The molecule has 0 aliphatic rings. The van der Waals surface area contributed by atoms with Crippen LogP contribution in [0.25, 0.3) is 0 Å². The van der Waals surface area contributed by atoms with Gasteiger partial charge in [-0.05, 0) is 11.0 Å². The molecule has 4 nitrogen and oxygen atoms in total. The molecule has 0 bridgehead atoms. The van der Waals surface area contributed by atoms with Gasteiger partial charge in [-0.1, -0.05) is 0 Å². The first-order valence-corrected chi connectivity index (χ1v) is 1.99. The number of hydrogen-bond acceptors (Lipinski definition) is 2. The molecular weight excluding hydrogens is 108 g/mol. The molecule has 0 spiro atoms. The number of aromatic amines is 1. The van der Waals surface area contributed by atoms with Crippen molar-refractivity contribution in [3.8, 4) is 0 Å². The number of H-pyrrole nitrogens is 1. The van der Waals surface area contributed by atoms with Gasteiger partial charge in [0.05, 0.1) is 7.57 Å². The summed E-state index contributed by atoms with van der Waals surface area (Å²) in [6.07, 6.45) is 1.26. The van der Waals surface area contributed by atoms with E-state index in [1.165, 1.54) is 6.20 Å². The van der Waals surface area contributed by atoms with Crippen molar-refractivity contribution < 1.29 is 6.29 Å². The summed E-state index contributed by atoms with van der Waals surface area (Å²) >= 11 is 0. The molecule has 42 valence electrons. The van der Waals surface area contributed by atoms with Crippen molar-refractivity contribution >= 4 is 5.82 Å². The Morgan fingerprint density at radius 1 is 2.00 bits per heavy atom. The van der Waals surface area contributed by atoms with Crippen LogP contribution in [-0.4, -0.2) is 9.91 Å². The molecule has 0 saturated heterocycles. The second-order valence-electron chi connectivity index (χ2n) is 1.24. The average molecular weight is 113 g/mol. The Balaban J connectivity index is 2.98. The molecule has 0 aromatic carbocycles. The van der Waals surface area contributed by atoms with Crippen molar-refractivity contribution in [2.75, 3.05) is 0 Å². The van der Waals surface area contributed by atoms with E-state index in [1.54, 1.807) is 0 Å². The van der Waals surface area contributed by atoms with Gasteiger partial charge >= 0.3 is 5.82 Å². The van der Waals surface area contributed by atoms with E-state index in [2.05, 4.69) is 4.98 Å². The molecule has 0 atom stereocenters. The van der Waals surface area contributed by atoms with Crippen LogP contribution in [-0.2, 0) is 0 Å². The zero-order valence-electron chi connectivity index (χ0n) is 4.92. The SMILES string of the molecule is [2H]c1c[nH]c([N+](=O)[O-])c1. The third-order valence-electron chi connectivity index (χ3n) is 0.720. The van der Waals surface area contributed by atoms with Gasteiger partial charge in [-0.2, -0.15) is 0 Å². The standard InChI is InChI=1S/C4H4N2O2/c7-6(8)4-2-1-3-5-4/h1-3,5H/i1D. The van der Waals surface area contributed by atoms with Crippen molar-refractivity contribution in [3.05, 3.63) is 28.4 Å².